The van der Waals surface area contributed by atoms with Crippen molar-refractivity contribution < 1.29 is 23.8 Å². The second-order valence-electron chi connectivity index (χ2n) is 8.04. The van der Waals surface area contributed by atoms with Crippen molar-refractivity contribution in [3.05, 3.63) is 48.2 Å². The topological polar surface area (TPSA) is 109 Å². The number of nitrogens with two attached hydrogens (primary N) is 1. The maximum absolute atomic E-state index is 11.9. The number of carbonyl (C=O) groups excluding carboxylic acids is 2. The summed E-state index contributed by atoms with van der Waals surface area (Å²) in [6, 6.07) is 10.6. The fourth-order valence-electron chi connectivity index (χ4n) is 3.90. The predicted octanol–water partition coefficient (Wildman–Crippen LogP) is 2.87. The number of likely N-dealkylation sites (tertiary alicyclic amines) is 1. The molecule has 1 fully saturated rings. The highest BCUT2D eigenvalue weighted by Gasteiger charge is 2.21. The molecule has 1 aliphatic rings. The molecule has 2 aromatic carbocycles. The highest BCUT2D eigenvalue weighted by atomic mass is 16.5. The molecule has 3 aromatic rings. The third kappa shape index (κ3) is 5.43. The van der Waals surface area contributed by atoms with Crippen molar-refractivity contribution in [1.82, 2.24) is 14.7 Å². The van der Waals surface area contributed by atoms with Crippen LogP contribution in [0.4, 0.5) is 0 Å². The molecular formula is C24H28N4O5. The fraction of sp³-hybridized carbons (Fsp3) is 0.375. The molecule has 9 nitrogen and oxygen atoms in total. The molecule has 33 heavy (non-hydrogen) atoms. The van der Waals surface area contributed by atoms with Gasteiger partial charge >= 0.3 is 0 Å². The number of hydrogen-bond acceptors (Lipinski definition) is 6. The van der Waals surface area contributed by atoms with Crippen LogP contribution in [0.3, 0.4) is 0 Å². The van der Waals surface area contributed by atoms with Gasteiger partial charge in [-0.1, -0.05) is 0 Å². The van der Waals surface area contributed by atoms with Crippen LogP contribution in [0.15, 0.2) is 42.6 Å². The highest BCUT2D eigenvalue weighted by molar-refractivity contribution is 6.00. The minimum atomic E-state index is -0.567. The summed E-state index contributed by atoms with van der Waals surface area (Å²) < 4.78 is 19.3. The van der Waals surface area contributed by atoms with Crippen LogP contribution in [0.25, 0.3) is 10.9 Å². The minimum Gasteiger partial charge on any atom is -0.491 e. The lowest BCUT2D eigenvalue weighted by molar-refractivity contribution is -0.131. The molecule has 0 spiro atoms. The lowest BCUT2D eigenvalue weighted by Crippen LogP contribution is -2.40. The maximum atomic E-state index is 11.9. The first-order chi connectivity index (χ1) is 15.9. The Morgan fingerprint density at radius 3 is 2.45 bits per heavy atom. The summed E-state index contributed by atoms with van der Waals surface area (Å²) in [7, 11) is 1.82. The summed E-state index contributed by atoms with van der Waals surface area (Å²) in [5.41, 5.74) is 6.67. The Bertz CT molecular complexity index is 1130. The number of aryl methyl sites for hydroxylation is 1. The van der Waals surface area contributed by atoms with E-state index in [1.165, 1.54) is 0 Å². The first kappa shape index (κ1) is 22.6. The maximum Gasteiger partial charge on any atom is 0.252 e. The zero-order valence-electron chi connectivity index (χ0n) is 18.8. The summed E-state index contributed by atoms with van der Waals surface area (Å²) >= 11 is 0. The van der Waals surface area contributed by atoms with Gasteiger partial charge in [-0.2, -0.15) is 5.10 Å². The van der Waals surface area contributed by atoms with Gasteiger partial charge in [-0.15, -0.1) is 0 Å². The Morgan fingerprint density at radius 2 is 1.79 bits per heavy atom. The van der Waals surface area contributed by atoms with E-state index < -0.39 is 5.91 Å². The summed E-state index contributed by atoms with van der Waals surface area (Å²) in [6.07, 6.45) is 3.54. The van der Waals surface area contributed by atoms with E-state index in [1.54, 1.807) is 54.2 Å². The predicted molar refractivity (Wildman–Crippen MR) is 122 cm³/mol. The van der Waals surface area contributed by atoms with Gasteiger partial charge in [0.1, 0.15) is 23.9 Å². The van der Waals surface area contributed by atoms with Crippen LogP contribution in [0.2, 0.25) is 0 Å². The van der Waals surface area contributed by atoms with Crippen LogP contribution >= 0.6 is 0 Å². The standard InChI is InChI=1S/C24H28N4O5/c1-16(29)28-9-7-19(8-10-28)32-12-11-31-18-3-5-20(6-4-18)33-23-14-22-17(15-26-27(22)2)13-21(23)24(25)30/h3-6,13-15,19H,7-12H2,1-2H3,(H2,25,30). The molecule has 0 radical (unpaired) electrons. The fourth-order valence-corrected chi connectivity index (χ4v) is 3.90. The number of aromatic nitrogens is 2. The van der Waals surface area contributed by atoms with Crippen LogP contribution in [-0.4, -0.2) is 58.9 Å². The molecule has 174 valence electrons. The van der Waals surface area contributed by atoms with Crippen LogP contribution in [0.5, 0.6) is 17.2 Å². The molecule has 1 aromatic heterocycles. The van der Waals surface area contributed by atoms with Crippen LogP contribution < -0.4 is 15.2 Å². The molecule has 2 N–H and O–H groups in total. The zero-order valence-corrected chi connectivity index (χ0v) is 18.8. The highest BCUT2D eigenvalue weighted by Crippen LogP contribution is 2.30. The summed E-state index contributed by atoms with van der Waals surface area (Å²) in [5.74, 6) is 1.17. The lowest BCUT2D eigenvalue weighted by Gasteiger charge is -2.31. The smallest absolute Gasteiger partial charge is 0.252 e. The van der Waals surface area contributed by atoms with Gasteiger partial charge in [0, 0.05) is 38.5 Å². The van der Waals surface area contributed by atoms with E-state index in [9.17, 15) is 9.59 Å². The molecule has 2 amide bonds. The number of amides is 2. The van der Waals surface area contributed by atoms with Crippen molar-refractivity contribution in [2.75, 3.05) is 26.3 Å². The SMILES string of the molecule is CC(=O)N1CCC(OCCOc2ccc(Oc3cc4c(cnn4C)cc3C(N)=O)cc2)CC1. The summed E-state index contributed by atoms with van der Waals surface area (Å²) in [4.78, 5) is 25.1. The molecule has 2 heterocycles. The van der Waals surface area contributed by atoms with E-state index in [2.05, 4.69) is 5.10 Å². The van der Waals surface area contributed by atoms with E-state index in [0.717, 1.165) is 36.8 Å². The molecule has 0 saturated carbocycles. The van der Waals surface area contributed by atoms with Crippen molar-refractivity contribution in [3.8, 4) is 17.2 Å². The van der Waals surface area contributed by atoms with Crippen molar-refractivity contribution in [1.29, 1.82) is 0 Å². The number of piperidine rings is 1. The van der Waals surface area contributed by atoms with E-state index in [1.807, 2.05) is 11.9 Å². The normalized spacial score (nSPS) is 14.4. The van der Waals surface area contributed by atoms with Gasteiger partial charge in [-0.05, 0) is 43.2 Å². The number of hydrogen-bond donors (Lipinski definition) is 1. The largest absolute Gasteiger partial charge is 0.491 e. The average molecular weight is 453 g/mol. The van der Waals surface area contributed by atoms with Gasteiger partial charge in [0.2, 0.25) is 5.91 Å². The van der Waals surface area contributed by atoms with Crippen molar-refractivity contribution >= 4 is 22.7 Å². The third-order valence-electron chi connectivity index (χ3n) is 5.76. The van der Waals surface area contributed by atoms with Crippen molar-refractivity contribution in [2.45, 2.75) is 25.9 Å². The van der Waals surface area contributed by atoms with Crippen molar-refractivity contribution in [2.24, 2.45) is 12.8 Å². The molecule has 1 aliphatic heterocycles. The van der Waals surface area contributed by atoms with Crippen molar-refractivity contribution in [3.63, 3.8) is 0 Å². The first-order valence-corrected chi connectivity index (χ1v) is 10.9. The van der Waals surface area contributed by atoms with E-state index in [0.29, 0.717) is 36.0 Å². The summed E-state index contributed by atoms with van der Waals surface area (Å²) in [6.45, 7) is 3.99. The minimum absolute atomic E-state index is 0.118. The van der Waals surface area contributed by atoms with Crippen LogP contribution in [0, 0.1) is 0 Å². The van der Waals surface area contributed by atoms with E-state index in [-0.39, 0.29) is 12.0 Å². The second kappa shape index (κ2) is 9.91. The number of nitrogens with zero attached hydrogens (tertiary/aromatic N) is 3. The third-order valence-corrected chi connectivity index (χ3v) is 5.76. The molecule has 0 aliphatic carbocycles. The number of rotatable bonds is 8. The Kier molecular flexibility index (Phi) is 6.79. The van der Waals surface area contributed by atoms with Gasteiger partial charge in [0.05, 0.1) is 30.0 Å². The Morgan fingerprint density at radius 1 is 1.09 bits per heavy atom. The number of ether oxygens (including phenoxy) is 3. The average Bonchev–Trinajstić information content (AvgIpc) is 3.17. The van der Waals surface area contributed by atoms with Gasteiger partial charge in [0.15, 0.2) is 0 Å². The van der Waals surface area contributed by atoms with E-state index >= 15 is 0 Å². The van der Waals surface area contributed by atoms with Gasteiger partial charge < -0.3 is 24.8 Å². The Labute approximate surface area is 192 Å². The molecule has 1 saturated heterocycles. The molecule has 4 rings (SSSR count). The van der Waals surface area contributed by atoms with Crippen LogP contribution in [-0.2, 0) is 16.6 Å². The lowest BCUT2D eigenvalue weighted by atomic mass is 10.1. The van der Waals surface area contributed by atoms with Gasteiger partial charge in [0.25, 0.3) is 5.91 Å². The van der Waals surface area contributed by atoms with Gasteiger partial charge in [-0.25, -0.2) is 0 Å². The summed E-state index contributed by atoms with van der Waals surface area (Å²) in [5, 5.41) is 5.01. The molecule has 9 heteroatoms. The Hall–Kier alpha value is -3.59. The molecular weight excluding hydrogens is 424 g/mol. The number of fused-ring (bicyclic) bond motifs is 1. The van der Waals surface area contributed by atoms with Crippen LogP contribution in [0.1, 0.15) is 30.1 Å². The quantitative estimate of drug-likeness (QED) is 0.527. The second-order valence-corrected chi connectivity index (χ2v) is 8.04. The molecule has 0 bridgehead atoms. The number of primary amides is 1. The Balaban J connectivity index is 1.29. The molecule has 0 atom stereocenters. The molecule has 0 unspecified atom stereocenters. The number of benzene rings is 2. The van der Waals surface area contributed by atoms with E-state index in [4.69, 9.17) is 19.9 Å². The number of carbonyl (C=O) groups is 2. The van der Waals surface area contributed by atoms with Gasteiger partial charge in [-0.3, -0.25) is 14.3 Å². The monoisotopic (exact) mass is 452 g/mol. The zero-order chi connectivity index (χ0) is 23.4. The first-order valence-electron chi connectivity index (χ1n) is 10.9.